The van der Waals surface area contributed by atoms with Gasteiger partial charge < -0.3 is 0 Å². The van der Waals surface area contributed by atoms with Gasteiger partial charge in [0.05, 0.1) is 10.6 Å². The zero-order valence-corrected chi connectivity index (χ0v) is 14.3. The molecule has 5 heteroatoms. The molecule has 0 saturated heterocycles. The molecule has 0 bridgehead atoms. The van der Waals surface area contributed by atoms with E-state index in [-0.39, 0.29) is 5.75 Å². The minimum absolute atomic E-state index is 0.208. The third kappa shape index (κ3) is 2.95. The predicted molar refractivity (Wildman–Crippen MR) is 87.4 cm³/mol. The van der Waals surface area contributed by atoms with E-state index in [0.29, 0.717) is 34.3 Å². The maximum Gasteiger partial charge on any atom is 0.252 e. The molecule has 2 fully saturated rings. The lowest BCUT2D eigenvalue weighted by molar-refractivity contribution is 0.108. The zero-order chi connectivity index (χ0) is 15.9. The van der Waals surface area contributed by atoms with E-state index in [4.69, 9.17) is 11.6 Å². The Morgan fingerprint density at radius 1 is 1.23 bits per heavy atom. The Balaban J connectivity index is 2.17. The Kier molecular flexibility index (Phi) is 4.34. The first-order chi connectivity index (χ1) is 10.4. The van der Waals surface area contributed by atoms with E-state index in [1.165, 1.54) is 0 Å². The third-order valence-electron chi connectivity index (χ3n) is 4.86. The van der Waals surface area contributed by atoms with E-state index >= 15 is 0 Å². The minimum Gasteiger partial charge on any atom is -0.276 e. The molecule has 0 N–H and O–H groups in total. The smallest absolute Gasteiger partial charge is 0.252 e. The van der Waals surface area contributed by atoms with Crippen LogP contribution in [0.1, 0.15) is 66.4 Å². The van der Waals surface area contributed by atoms with Crippen LogP contribution in [-0.4, -0.2) is 19.4 Å². The van der Waals surface area contributed by atoms with Crippen molar-refractivity contribution >= 4 is 26.7 Å². The second kappa shape index (κ2) is 5.97. The van der Waals surface area contributed by atoms with E-state index in [1.54, 1.807) is 6.07 Å². The quantitative estimate of drug-likeness (QED) is 0.733. The Hall–Kier alpha value is -0.870. The van der Waals surface area contributed by atoms with Crippen LogP contribution in [0.4, 0.5) is 0 Å². The number of carbonyl (C=O) groups is 1. The fourth-order valence-corrected chi connectivity index (χ4v) is 5.79. The van der Waals surface area contributed by atoms with Gasteiger partial charge in [0.25, 0.3) is 5.24 Å². The fourth-order valence-electron chi connectivity index (χ4n) is 3.27. The summed E-state index contributed by atoms with van der Waals surface area (Å²) in [4.78, 5) is 12.1. The van der Waals surface area contributed by atoms with Crippen molar-refractivity contribution in [2.75, 3.05) is 5.75 Å². The molecule has 0 heterocycles. The highest BCUT2D eigenvalue weighted by Crippen LogP contribution is 2.43. The van der Waals surface area contributed by atoms with Gasteiger partial charge in [0.15, 0.2) is 9.84 Å². The number of sulfone groups is 1. The van der Waals surface area contributed by atoms with Gasteiger partial charge in [0.2, 0.25) is 0 Å². The van der Waals surface area contributed by atoms with Crippen molar-refractivity contribution in [1.29, 1.82) is 0 Å². The summed E-state index contributed by atoms with van der Waals surface area (Å²) in [5.41, 5.74) is 1.87. The van der Waals surface area contributed by atoms with Gasteiger partial charge >= 0.3 is 0 Å². The molecule has 1 aromatic rings. The molecule has 2 saturated carbocycles. The fraction of sp³-hybridized carbons (Fsp3) is 0.588. The van der Waals surface area contributed by atoms with Crippen LogP contribution in [0.2, 0.25) is 0 Å². The van der Waals surface area contributed by atoms with Gasteiger partial charge in [-0.25, -0.2) is 8.42 Å². The number of benzene rings is 1. The molecule has 2 aliphatic carbocycles. The minimum atomic E-state index is -3.36. The first-order valence-electron chi connectivity index (χ1n) is 8.02. The van der Waals surface area contributed by atoms with Gasteiger partial charge in [-0.15, -0.1) is 0 Å². The number of halogens is 1. The van der Waals surface area contributed by atoms with Crippen LogP contribution < -0.4 is 0 Å². The lowest BCUT2D eigenvalue weighted by Crippen LogP contribution is -2.20. The van der Waals surface area contributed by atoms with Crippen LogP contribution in [-0.2, 0) is 16.3 Å². The number of hydrogen-bond donors (Lipinski definition) is 0. The molecule has 22 heavy (non-hydrogen) atoms. The van der Waals surface area contributed by atoms with E-state index in [1.807, 2.05) is 13.0 Å². The maximum absolute atomic E-state index is 12.9. The molecule has 0 aromatic heterocycles. The van der Waals surface area contributed by atoms with E-state index in [9.17, 15) is 13.2 Å². The monoisotopic (exact) mass is 340 g/mol. The van der Waals surface area contributed by atoms with Gasteiger partial charge in [0, 0.05) is 5.56 Å². The Bertz CT molecular complexity index is 701. The van der Waals surface area contributed by atoms with Gasteiger partial charge in [-0.05, 0) is 72.7 Å². The largest absolute Gasteiger partial charge is 0.276 e. The van der Waals surface area contributed by atoms with E-state index in [2.05, 4.69) is 0 Å². The summed E-state index contributed by atoms with van der Waals surface area (Å²) in [5, 5.41) is -0.570. The van der Waals surface area contributed by atoms with Crippen LogP contribution in [0.3, 0.4) is 0 Å². The molecule has 1 aromatic carbocycles. The van der Waals surface area contributed by atoms with Crippen LogP contribution >= 0.6 is 11.6 Å². The summed E-state index contributed by atoms with van der Waals surface area (Å²) < 4.78 is 25.9. The summed E-state index contributed by atoms with van der Waals surface area (Å²) in [6.45, 7) is 1.89. The molecule has 0 amide bonds. The van der Waals surface area contributed by atoms with Crippen LogP contribution in [0.25, 0.3) is 0 Å². The summed E-state index contributed by atoms with van der Waals surface area (Å²) in [5.74, 6) is 0.813. The maximum atomic E-state index is 12.9. The number of carbonyl (C=O) groups excluding carboxylic acids is 1. The summed E-state index contributed by atoms with van der Waals surface area (Å²) in [6, 6.07) is 3.52. The molecule has 2 aliphatic rings. The van der Waals surface area contributed by atoms with Gasteiger partial charge in [-0.2, -0.15) is 0 Å². The Morgan fingerprint density at radius 2 is 1.91 bits per heavy atom. The summed E-state index contributed by atoms with van der Waals surface area (Å²) >= 11 is 5.67. The SMILES string of the molecule is CCc1c(C(=O)Cl)ccc(C2CCC2)c1S(=O)(=O)CC1CC1. The predicted octanol–water partition coefficient (Wildman–Crippen LogP) is 4.08. The molecular formula is C17H21ClO3S. The van der Waals surface area contributed by atoms with Crippen molar-refractivity contribution in [3.63, 3.8) is 0 Å². The van der Waals surface area contributed by atoms with Crippen molar-refractivity contribution in [2.24, 2.45) is 5.92 Å². The van der Waals surface area contributed by atoms with Crippen LogP contribution in [0.15, 0.2) is 17.0 Å². The van der Waals surface area contributed by atoms with Crippen LogP contribution in [0, 0.1) is 5.92 Å². The second-order valence-corrected chi connectivity index (χ2v) is 8.80. The average molecular weight is 341 g/mol. The first kappa shape index (κ1) is 16.0. The van der Waals surface area contributed by atoms with Gasteiger partial charge in [-0.3, -0.25) is 4.79 Å². The molecule has 0 spiro atoms. The highest BCUT2D eigenvalue weighted by atomic mass is 35.5. The lowest BCUT2D eigenvalue weighted by Gasteiger charge is -2.29. The number of hydrogen-bond acceptors (Lipinski definition) is 3. The molecule has 120 valence electrons. The molecule has 0 aliphatic heterocycles. The molecule has 3 rings (SSSR count). The van der Waals surface area contributed by atoms with Gasteiger partial charge in [0.1, 0.15) is 0 Å². The number of rotatable bonds is 6. The normalized spacial score (nSPS) is 19.0. The Morgan fingerprint density at radius 3 is 2.36 bits per heavy atom. The highest BCUT2D eigenvalue weighted by molar-refractivity contribution is 7.91. The van der Waals surface area contributed by atoms with Gasteiger partial charge in [-0.1, -0.05) is 19.4 Å². The van der Waals surface area contributed by atoms with Crippen molar-refractivity contribution in [2.45, 2.75) is 56.3 Å². The van der Waals surface area contributed by atoms with Crippen LogP contribution in [0.5, 0.6) is 0 Å². The van der Waals surface area contributed by atoms with E-state index < -0.39 is 15.1 Å². The molecule has 0 atom stereocenters. The molecular weight excluding hydrogens is 320 g/mol. The second-order valence-electron chi connectivity index (χ2n) is 6.49. The average Bonchev–Trinajstić information content (AvgIpc) is 3.18. The third-order valence-corrected chi connectivity index (χ3v) is 7.08. The topological polar surface area (TPSA) is 51.2 Å². The van der Waals surface area contributed by atoms with Crippen molar-refractivity contribution < 1.29 is 13.2 Å². The zero-order valence-electron chi connectivity index (χ0n) is 12.8. The van der Waals surface area contributed by atoms with E-state index in [0.717, 1.165) is 37.7 Å². The molecule has 0 radical (unpaired) electrons. The van der Waals surface area contributed by atoms with Crippen molar-refractivity contribution in [3.05, 3.63) is 28.8 Å². The first-order valence-corrected chi connectivity index (χ1v) is 10.1. The standard InChI is InChI=1S/C17H21ClO3S/c1-2-13-15(17(18)19)9-8-14(12-4-3-5-12)16(13)22(20,21)10-11-6-7-11/h8-9,11-12H,2-7,10H2,1H3. The molecule has 3 nitrogen and oxygen atoms in total. The summed E-state index contributed by atoms with van der Waals surface area (Å²) in [7, 11) is -3.36. The lowest BCUT2D eigenvalue weighted by atomic mass is 9.79. The van der Waals surface area contributed by atoms with Crippen molar-refractivity contribution in [3.8, 4) is 0 Å². The Labute approximate surface area is 137 Å². The van der Waals surface area contributed by atoms with Crippen molar-refractivity contribution in [1.82, 2.24) is 0 Å². The highest BCUT2D eigenvalue weighted by Gasteiger charge is 2.35. The summed E-state index contributed by atoms with van der Waals surface area (Å²) in [6.07, 6.45) is 5.70. The molecule has 0 unspecified atom stereocenters.